The molecular weight excluding hydrogens is 386 g/mol. The number of nitrogens with two attached hydrogens (primary N) is 1. The van der Waals surface area contributed by atoms with Gasteiger partial charge in [-0.15, -0.1) is 0 Å². The molecule has 0 atom stereocenters. The number of aryl methyl sites for hydroxylation is 1. The monoisotopic (exact) mass is 411 g/mol. The van der Waals surface area contributed by atoms with Gasteiger partial charge < -0.3 is 5.73 Å². The SMILES string of the molecule is Cc1ccc(/C=C/c2c3ccccc3c(/C=C/c3ccc(N)cc3)c3ccccc23)cc1. The summed E-state index contributed by atoms with van der Waals surface area (Å²) in [5, 5.41) is 5.01. The van der Waals surface area contributed by atoms with E-state index in [0.29, 0.717) is 0 Å². The molecule has 1 heteroatoms. The second kappa shape index (κ2) is 8.56. The van der Waals surface area contributed by atoms with Gasteiger partial charge in [-0.2, -0.15) is 0 Å². The van der Waals surface area contributed by atoms with Crippen LogP contribution in [0.15, 0.2) is 97.1 Å². The Balaban J connectivity index is 1.70. The molecule has 0 heterocycles. The van der Waals surface area contributed by atoms with Crippen LogP contribution in [0, 0.1) is 6.92 Å². The highest BCUT2D eigenvalue weighted by Crippen LogP contribution is 2.35. The lowest BCUT2D eigenvalue weighted by Gasteiger charge is -2.13. The lowest BCUT2D eigenvalue weighted by Crippen LogP contribution is -1.89. The van der Waals surface area contributed by atoms with Gasteiger partial charge in [-0.05, 0) is 62.9 Å². The molecule has 0 radical (unpaired) electrons. The third-order valence-electron chi connectivity index (χ3n) is 5.91. The summed E-state index contributed by atoms with van der Waals surface area (Å²) in [5.41, 5.74) is 12.7. The maximum atomic E-state index is 5.85. The molecule has 0 aliphatic carbocycles. The molecule has 0 unspecified atom stereocenters. The molecule has 0 bridgehead atoms. The summed E-state index contributed by atoms with van der Waals surface area (Å²) in [6.45, 7) is 2.12. The molecule has 1 nitrogen and oxygen atoms in total. The first-order valence-corrected chi connectivity index (χ1v) is 10.9. The van der Waals surface area contributed by atoms with Crippen LogP contribution >= 0.6 is 0 Å². The highest BCUT2D eigenvalue weighted by Gasteiger charge is 2.10. The fraction of sp³-hybridized carbons (Fsp3) is 0.0323. The van der Waals surface area contributed by atoms with Crippen molar-refractivity contribution < 1.29 is 0 Å². The molecule has 5 aromatic rings. The molecular formula is C31H25N. The number of rotatable bonds is 4. The Bertz CT molecular complexity index is 1280. The van der Waals surface area contributed by atoms with Crippen LogP contribution in [0.25, 0.3) is 45.8 Å². The predicted molar refractivity (Wildman–Crippen MR) is 141 cm³/mol. The van der Waals surface area contributed by atoms with E-state index >= 15 is 0 Å². The van der Waals surface area contributed by atoms with Crippen molar-refractivity contribution in [3.05, 3.63) is 125 Å². The average Bonchev–Trinajstić information content (AvgIpc) is 2.83. The average molecular weight is 412 g/mol. The number of benzene rings is 5. The van der Waals surface area contributed by atoms with Crippen LogP contribution in [0.3, 0.4) is 0 Å². The molecule has 0 fully saturated rings. The van der Waals surface area contributed by atoms with Crippen molar-refractivity contribution >= 4 is 51.5 Å². The first kappa shape index (κ1) is 19.8. The van der Waals surface area contributed by atoms with Crippen LogP contribution in [0.1, 0.15) is 27.8 Å². The van der Waals surface area contributed by atoms with Gasteiger partial charge in [-0.3, -0.25) is 0 Å². The molecule has 0 saturated carbocycles. The predicted octanol–water partition coefficient (Wildman–Crippen LogP) is 8.22. The summed E-state index contributed by atoms with van der Waals surface area (Å²) in [5.74, 6) is 0. The fourth-order valence-electron chi connectivity index (χ4n) is 4.20. The summed E-state index contributed by atoms with van der Waals surface area (Å²) < 4.78 is 0. The van der Waals surface area contributed by atoms with Crippen LogP contribution in [0.4, 0.5) is 5.69 Å². The zero-order valence-corrected chi connectivity index (χ0v) is 18.1. The number of nitrogen functional groups attached to an aromatic ring is 1. The number of hydrogen-bond donors (Lipinski definition) is 1. The van der Waals surface area contributed by atoms with E-state index in [2.05, 4.69) is 116 Å². The second-order valence-corrected chi connectivity index (χ2v) is 8.16. The lowest BCUT2D eigenvalue weighted by molar-refractivity contribution is 1.46. The Labute approximate surface area is 189 Å². The molecule has 0 aliphatic heterocycles. The van der Waals surface area contributed by atoms with Gasteiger partial charge in [0, 0.05) is 5.69 Å². The maximum Gasteiger partial charge on any atom is 0.0314 e. The summed E-state index contributed by atoms with van der Waals surface area (Å²) in [7, 11) is 0. The van der Waals surface area contributed by atoms with E-state index in [4.69, 9.17) is 5.73 Å². The Morgan fingerprint density at radius 3 is 1.25 bits per heavy atom. The third-order valence-corrected chi connectivity index (χ3v) is 5.91. The number of fused-ring (bicyclic) bond motifs is 2. The van der Waals surface area contributed by atoms with E-state index in [1.165, 1.54) is 43.8 Å². The largest absolute Gasteiger partial charge is 0.399 e. The van der Waals surface area contributed by atoms with Gasteiger partial charge in [0.2, 0.25) is 0 Å². The molecule has 5 rings (SSSR count). The summed E-state index contributed by atoms with van der Waals surface area (Å²) >= 11 is 0. The van der Waals surface area contributed by atoms with Crippen molar-refractivity contribution in [2.24, 2.45) is 0 Å². The van der Waals surface area contributed by atoms with Crippen LogP contribution in [0.2, 0.25) is 0 Å². The maximum absolute atomic E-state index is 5.85. The summed E-state index contributed by atoms with van der Waals surface area (Å²) in [6.07, 6.45) is 8.85. The van der Waals surface area contributed by atoms with Crippen molar-refractivity contribution in [1.29, 1.82) is 0 Å². The van der Waals surface area contributed by atoms with E-state index in [-0.39, 0.29) is 0 Å². The molecule has 0 spiro atoms. The first-order valence-electron chi connectivity index (χ1n) is 10.9. The Morgan fingerprint density at radius 2 is 0.844 bits per heavy atom. The molecule has 2 N–H and O–H groups in total. The van der Waals surface area contributed by atoms with Crippen LogP contribution in [-0.2, 0) is 0 Å². The van der Waals surface area contributed by atoms with E-state index in [1.807, 2.05) is 12.1 Å². The smallest absolute Gasteiger partial charge is 0.0314 e. The van der Waals surface area contributed by atoms with Crippen LogP contribution in [-0.4, -0.2) is 0 Å². The highest BCUT2D eigenvalue weighted by atomic mass is 14.5. The Morgan fingerprint density at radius 1 is 0.469 bits per heavy atom. The number of hydrogen-bond acceptors (Lipinski definition) is 1. The second-order valence-electron chi connectivity index (χ2n) is 8.16. The van der Waals surface area contributed by atoms with Crippen molar-refractivity contribution in [3.63, 3.8) is 0 Å². The Hall–Kier alpha value is -4.10. The topological polar surface area (TPSA) is 26.0 Å². The van der Waals surface area contributed by atoms with Crippen molar-refractivity contribution in [2.45, 2.75) is 6.92 Å². The molecule has 32 heavy (non-hydrogen) atoms. The fourth-order valence-corrected chi connectivity index (χ4v) is 4.20. The standard InChI is InChI=1S/C31H25N/c1-22-10-12-23(13-11-22)16-20-30-26-6-2-4-8-28(26)31(29-9-5-3-7-27(29)30)21-17-24-14-18-25(32)19-15-24/h2-21H,32H2,1H3/b20-16+,21-17+. The van der Waals surface area contributed by atoms with Gasteiger partial charge in [0.1, 0.15) is 0 Å². The minimum Gasteiger partial charge on any atom is -0.399 e. The normalized spacial score (nSPS) is 11.8. The Kier molecular flexibility index (Phi) is 5.31. The van der Waals surface area contributed by atoms with Gasteiger partial charge in [-0.1, -0.05) is 115 Å². The van der Waals surface area contributed by atoms with Crippen molar-refractivity contribution in [1.82, 2.24) is 0 Å². The third kappa shape index (κ3) is 3.93. The van der Waals surface area contributed by atoms with Gasteiger partial charge in [0.05, 0.1) is 0 Å². The molecule has 154 valence electrons. The summed E-state index contributed by atoms with van der Waals surface area (Å²) in [6, 6.07) is 34.0. The zero-order chi connectivity index (χ0) is 21.9. The van der Waals surface area contributed by atoms with Gasteiger partial charge >= 0.3 is 0 Å². The number of anilines is 1. The van der Waals surface area contributed by atoms with Crippen LogP contribution in [0.5, 0.6) is 0 Å². The quantitative estimate of drug-likeness (QED) is 0.180. The van der Waals surface area contributed by atoms with Gasteiger partial charge in [-0.25, -0.2) is 0 Å². The minimum absolute atomic E-state index is 0.780. The van der Waals surface area contributed by atoms with E-state index in [1.54, 1.807) is 0 Å². The molecule has 0 aliphatic rings. The van der Waals surface area contributed by atoms with Crippen molar-refractivity contribution in [3.8, 4) is 0 Å². The zero-order valence-electron chi connectivity index (χ0n) is 18.1. The minimum atomic E-state index is 0.780. The molecule has 0 amide bonds. The molecule has 5 aromatic carbocycles. The van der Waals surface area contributed by atoms with Gasteiger partial charge in [0.15, 0.2) is 0 Å². The molecule has 0 saturated heterocycles. The van der Waals surface area contributed by atoms with E-state index in [9.17, 15) is 0 Å². The first-order chi connectivity index (χ1) is 15.7. The molecule has 0 aromatic heterocycles. The van der Waals surface area contributed by atoms with E-state index < -0.39 is 0 Å². The highest BCUT2D eigenvalue weighted by molar-refractivity contribution is 6.14. The van der Waals surface area contributed by atoms with E-state index in [0.717, 1.165) is 11.3 Å². The van der Waals surface area contributed by atoms with Crippen LogP contribution < -0.4 is 5.73 Å². The van der Waals surface area contributed by atoms with Crippen molar-refractivity contribution in [2.75, 3.05) is 5.73 Å². The lowest BCUT2D eigenvalue weighted by atomic mass is 9.91. The van der Waals surface area contributed by atoms with Gasteiger partial charge in [0.25, 0.3) is 0 Å². The summed E-state index contributed by atoms with van der Waals surface area (Å²) in [4.78, 5) is 0.